The summed E-state index contributed by atoms with van der Waals surface area (Å²) in [5, 5.41) is 7.00. The molecule has 44 heavy (non-hydrogen) atoms. The second-order valence-corrected chi connectivity index (χ2v) is 11.8. The standard InChI is InChI=1S/C31H30ClN7O4S/c1-5-26(40)38-11-12-39-19(15-38)16-43-24-13-20(18(3)34-29(24)39)22-9-10-23(42-4)28(35-22)37-31-33-14-25(44-31)30(41)36-27-17(2)7-6-8-21(27)32/h5-10,13-14,19H,1,11-12,15-16H2,2-4H3,(H,36,41)(H,33,35,37)/t19-/m0/s1. The van der Waals surface area contributed by atoms with Gasteiger partial charge in [0, 0.05) is 30.9 Å². The van der Waals surface area contributed by atoms with Crippen LogP contribution in [0.2, 0.25) is 5.02 Å². The van der Waals surface area contributed by atoms with E-state index in [0.717, 1.165) is 22.6 Å². The number of fused-ring (bicyclic) bond motifs is 3. The number of hydrogen-bond acceptors (Lipinski definition) is 10. The maximum atomic E-state index is 12.9. The molecule has 1 aromatic carbocycles. The van der Waals surface area contributed by atoms with Gasteiger partial charge in [-0.1, -0.05) is 41.6 Å². The number of methoxy groups -OCH3 is 1. The molecule has 0 bridgehead atoms. The molecule has 6 rings (SSSR count). The van der Waals surface area contributed by atoms with E-state index in [1.54, 1.807) is 18.1 Å². The van der Waals surface area contributed by atoms with Crippen molar-refractivity contribution in [2.75, 3.05) is 48.9 Å². The van der Waals surface area contributed by atoms with Crippen molar-refractivity contribution >= 4 is 57.2 Å². The lowest BCUT2D eigenvalue weighted by Crippen LogP contribution is -2.58. The van der Waals surface area contributed by atoms with Crippen molar-refractivity contribution in [3.8, 4) is 22.8 Å². The molecular weight excluding hydrogens is 602 g/mol. The summed E-state index contributed by atoms with van der Waals surface area (Å²) >= 11 is 7.46. The quantitative estimate of drug-likeness (QED) is 0.256. The van der Waals surface area contributed by atoms with Crippen LogP contribution in [0.3, 0.4) is 0 Å². The molecule has 2 N–H and O–H groups in total. The molecule has 2 aliphatic heterocycles. The average molecular weight is 632 g/mol. The molecule has 0 saturated carbocycles. The zero-order valence-electron chi connectivity index (χ0n) is 24.4. The Hall–Kier alpha value is -4.68. The third-order valence-corrected chi connectivity index (χ3v) is 8.83. The summed E-state index contributed by atoms with van der Waals surface area (Å²) in [6, 6.07) is 11.1. The lowest BCUT2D eigenvalue weighted by atomic mass is 10.1. The van der Waals surface area contributed by atoms with E-state index in [-0.39, 0.29) is 17.9 Å². The summed E-state index contributed by atoms with van der Waals surface area (Å²) in [6.07, 6.45) is 2.85. The Labute approximate surface area is 263 Å². The highest BCUT2D eigenvalue weighted by molar-refractivity contribution is 7.17. The van der Waals surface area contributed by atoms with Gasteiger partial charge in [-0.2, -0.15) is 0 Å². The van der Waals surface area contributed by atoms with Gasteiger partial charge in [-0.05, 0) is 49.8 Å². The molecule has 0 radical (unpaired) electrons. The van der Waals surface area contributed by atoms with Crippen LogP contribution < -0.4 is 25.0 Å². The van der Waals surface area contributed by atoms with E-state index in [1.165, 1.54) is 23.6 Å². The number of amides is 2. The van der Waals surface area contributed by atoms with Crippen molar-refractivity contribution in [3.63, 3.8) is 0 Å². The number of aromatic nitrogens is 3. The number of para-hydroxylation sites is 1. The van der Waals surface area contributed by atoms with Crippen molar-refractivity contribution < 1.29 is 19.1 Å². The minimum atomic E-state index is -0.313. The highest BCUT2D eigenvalue weighted by Crippen LogP contribution is 2.39. The number of hydrogen-bond donors (Lipinski definition) is 2. The Morgan fingerprint density at radius 3 is 2.82 bits per heavy atom. The second-order valence-electron chi connectivity index (χ2n) is 10.4. The zero-order valence-corrected chi connectivity index (χ0v) is 26.0. The molecular formula is C31H30ClN7O4S. The number of rotatable bonds is 7. The first kappa shape index (κ1) is 29.4. The molecule has 11 nitrogen and oxygen atoms in total. The molecule has 226 valence electrons. The minimum absolute atomic E-state index is 0.0202. The summed E-state index contributed by atoms with van der Waals surface area (Å²) in [4.78, 5) is 43.6. The normalized spacial score (nSPS) is 15.5. The van der Waals surface area contributed by atoms with Gasteiger partial charge in [0.15, 0.2) is 28.3 Å². The van der Waals surface area contributed by atoms with E-state index >= 15 is 0 Å². The molecule has 1 atom stereocenters. The maximum Gasteiger partial charge on any atom is 0.267 e. The smallest absolute Gasteiger partial charge is 0.267 e. The topological polar surface area (TPSA) is 122 Å². The van der Waals surface area contributed by atoms with Crippen molar-refractivity contribution in [2.45, 2.75) is 19.9 Å². The summed E-state index contributed by atoms with van der Waals surface area (Å²) in [7, 11) is 1.56. The Morgan fingerprint density at radius 2 is 2.05 bits per heavy atom. The first-order valence-electron chi connectivity index (χ1n) is 13.9. The Bertz CT molecular complexity index is 1760. The highest BCUT2D eigenvalue weighted by atomic mass is 35.5. The van der Waals surface area contributed by atoms with E-state index < -0.39 is 0 Å². The summed E-state index contributed by atoms with van der Waals surface area (Å²) < 4.78 is 11.7. The predicted octanol–water partition coefficient (Wildman–Crippen LogP) is 5.47. The van der Waals surface area contributed by atoms with Crippen molar-refractivity contribution in [3.05, 3.63) is 76.4 Å². The van der Waals surface area contributed by atoms with Gasteiger partial charge in [-0.3, -0.25) is 9.59 Å². The van der Waals surface area contributed by atoms with Crippen molar-refractivity contribution in [1.82, 2.24) is 19.9 Å². The molecule has 1 fully saturated rings. The van der Waals surface area contributed by atoms with E-state index in [2.05, 4.69) is 27.1 Å². The summed E-state index contributed by atoms with van der Waals surface area (Å²) in [6.45, 7) is 9.67. The van der Waals surface area contributed by atoms with Crippen LogP contribution >= 0.6 is 22.9 Å². The van der Waals surface area contributed by atoms with Crippen LogP contribution in [0.15, 0.2) is 55.3 Å². The summed E-state index contributed by atoms with van der Waals surface area (Å²) in [5.41, 5.74) is 3.68. The molecule has 2 aliphatic rings. The van der Waals surface area contributed by atoms with Crippen LogP contribution in [-0.2, 0) is 4.79 Å². The molecule has 5 heterocycles. The largest absolute Gasteiger partial charge is 0.493 e. The van der Waals surface area contributed by atoms with Gasteiger partial charge >= 0.3 is 0 Å². The average Bonchev–Trinajstić information content (AvgIpc) is 3.50. The van der Waals surface area contributed by atoms with Crippen LogP contribution in [0.25, 0.3) is 11.3 Å². The van der Waals surface area contributed by atoms with Gasteiger partial charge in [0.05, 0.1) is 35.8 Å². The van der Waals surface area contributed by atoms with Gasteiger partial charge in [0.1, 0.15) is 11.5 Å². The number of ether oxygens (including phenoxy) is 2. The second kappa shape index (κ2) is 12.1. The number of piperazine rings is 1. The number of carbonyl (C=O) groups is 2. The first-order chi connectivity index (χ1) is 21.2. The fraction of sp³-hybridized carbons (Fsp3) is 0.258. The maximum absolute atomic E-state index is 12.9. The number of thiazole rings is 1. The van der Waals surface area contributed by atoms with E-state index in [9.17, 15) is 9.59 Å². The molecule has 1 saturated heterocycles. The number of anilines is 4. The van der Waals surface area contributed by atoms with E-state index in [4.69, 9.17) is 31.0 Å². The van der Waals surface area contributed by atoms with Gasteiger partial charge < -0.3 is 29.9 Å². The Balaban J connectivity index is 1.22. The van der Waals surface area contributed by atoms with E-state index in [1.807, 2.05) is 44.2 Å². The Kier molecular flexibility index (Phi) is 8.11. The number of benzene rings is 1. The fourth-order valence-corrected chi connectivity index (χ4v) is 6.27. The molecule has 2 amide bonds. The fourth-order valence-electron chi connectivity index (χ4n) is 5.29. The molecule has 0 spiro atoms. The number of aryl methyl sites for hydroxylation is 2. The lowest BCUT2D eigenvalue weighted by molar-refractivity contribution is -0.127. The molecule has 0 unspecified atom stereocenters. The molecule has 0 aliphatic carbocycles. The third kappa shape index (κ3) is 5.65. The minimum Gasteiger partial charge on any atom is -0.493 e. The number of nitrogens with one attached hydrogen (secondary N) is 2. The van der Waals surface area contributed by atoms with Crippen LogP contribution in [0.4, 0.5) is 22.5 Å². The lowest BCUT2D eigenvalue weighted by Gasteiger charge is -2.44. The number of nitrogens with zero attached hydrogens (tertiary/aromatic N) is 5. The predicted molar refractivity (Wildman–Crippen MR) is 172 cm³/mol. The zero-order chi connectivity index (χ0) is 31.0. The van der Waals surface area contributed by atoms with Crippen LogP contribution in [0.1, 0.15) is 20.9 Å². The van der Waals surface area contributed by atoms with Gasteiger partial charge in [-0.25, -0.2) is 15.0 Å². The van der Waals surface area contributed by atoms with Crippen LogP contribution in [0, 0.1) is 13.8 Å². The summed E-state index contributed by atoms with van der Waals surface area (Å²) in [5.74, 6) is 1.99. The van der Waals surface area contributed by atoms with Gasteiger partial charge in [-0.15, -0.1) is 0 Å². The third-order valence-electron chi connectivity index (χ3n) is 7.60. The SMILES string of the molecule is C=CC(=O)N1CCN2c3nc(C)c(-c4ccc(OC)c(Nc5ncc(C(=O)Nc6c(C)cccc6Cl)s5)n4)cc3OC[C@@H]2C1. The molecule has 13 heteroatoms. The van der Waals surface area contributed by atoms with Crippen LogP contribution in [-0.4, -0.2) is 71.1 Å². The monoisotopic (exact) mass is 631 g/mol. The van der Waals surface area contributed by atoms with Gasteiger partial charge in [0.25, 0.3) is 5.91 Å². The van der Waals surface area contributed by atoms with Gasteiger partial charge in [0.2, 0.25) is 5.91 Å². The van der Waals surface area contributed by atoms with Crippen LogP contribution in [0.5, 0.6) is 11.5 Å². The van der Waals surface area contributed by atoms with Crippen molar-refractivity contribution in [2.24, 2.45) is 0 Å². The number of halogens is 1. The number of carbonyl (C=O) groups excluding carboxylic acids is 2. The van der Waals surface area contributed by atoms with Crippen molar-refractivity contribution in [1.29, 1.82) is 0 Å². The highest BCUT2D eigenvalue weighted by Gasteiger charge is 2.35. The number of pyridine rings is 2. The van der Waals surface area contributed by atoms with E-state index in [0.29, 0.717) is 70.0 Å². The Morgan fingerprint density at radius 1 is 1.20 bits per heavy atom. The molecule has 4 aromatic rings. The molecule has 3 aromatic heterocycles. The first-order valence-corrected chi connectivity index (χ1v) is 15.1.